The highest BCUT2D eigenvalue weighted by Crippen LogP contribution is 2.38. The van der Waals surface area contributed by atoms with Gasteiger partial charge >= 0.3 is 0 Å². The van der Waals surface area contributed by atoms with E-state index in [0.717, 1.165) is 62.9 Å². The van der Waals surface area contributed by atoms with Gasteiger partial charge in [0.05, 0.1) is 6.61 Å². The van der Waals surface area contributed by atoms with Crippen molar-refractivity contribution < 1.29 is 13.2 Å². The summed E-state index contributed by atoms with van der Waals surface area (Å²) in [5.41, 5.74) is 0.303. The average molecular weight is 571 g/mol. The first kappa shape index (κ1) is 25.8. The second-order valence-electron chi connectivity index (χ2n) is 7.77. The first-order chi connectivity index (χ1) is 13.9. The number of thiophene rings is 1. The fourth-order valence-electron chi connectivity index (χ4n) is 4.11. The highest BCUT2D eigenvalue weighted by atomic mass is 127. The molecule has 2 fully saturated rings. The van der Waals surface area contributed by atoms with Gasteiger partial charge in [-0.15, -0.1) is 35.3 Å². The van der Waals surface area contributed by atoms with Crippen LogP contribution in [0.15, 0.2) is 21.3 Å². The number of guanidine groups is 1. The van der Waals surface area contributed by atoms with Crippen LogP contribution in [0.1, 0.15) is 38.5 Å². The molecule has 0 saturated carbocycles. The van der Waals surface area contributed by atoms with Gasteiger partial charge in [-0.1, -0.05) is 13.8 Å². The summed E-state index contributed by atoms with van der Waals surface area (Å²) < 4.78 is 32.9. The maximum Gasteiger partial charge on any atom is 0.252 e. The monoisotopic (exact) mass is 570 g/mol. The van der Waals surface area contributed by atoms with Gasteiger partial charge in [0.1, 0.15) is 4.21 Å². The fraction of sp³-hybridized carbons (Fsp3) is 0.750. The summed E-state index contributed by atoms with van der Waals surface area (Å²) in [6, 6.07) is 3.65. The summed E-state index contributed by atoms with van der Waals surface area (Å²) in [6.45, 7) is 12.0. The molecule has 2 aliphatic rings. The van der Waals surface area contributed by atoms with E-state index < -0.39 is 10.0 Å². The summed E-state index contributed by atoms with van der Waals surface area (Å²) in [6.07, 6.45) is 3.05. The normalized spacial score (nSPS) is 22.1. The van der Waals surface area contributed by atoms with Crippen LogP contribution in [0.2, 0.25) is 0 Å². The van der Waals surface area contributed by atoms with Crippen molar-refractivity contribution in [3.05, 3.63) is 17.0 Å². The topological polar surface area (TPSA) is 74.2 Å². The number of aliphatic imine (C=N–C) groups is 1. The van der Waals surface area contributed by atoms with Crippen LogP contribution in [-0.4, -0.2) is 76.1 Å². The largest absolute Gasteiger partial charge is 0.381 e. The van der Waals surface area contributed by atoms with Crippen molar-refractivity contribution in [1.82, 2.24) is 14.5 Å². The van der Waals surface area contributed by atoms with E-state index in [9.17, 15) is 8.42 Å². The van der Waals surface area contributed by atoms with Gasteiger partial charge in [0.25, 0.3) is 10.0 Å². The fourth-order valence-corrected chi connectivity index (χ4v) is 7.06. The number of rotatable bonds is 8. The van der Waals surface area contributed by atoms with Gasteiger partial charge in [0.2, 0.25) is 0 Å². The van der Waals surface area contributed by atoms with Crippen molar-refractivity contribution in [2.45, 2.75) is 44.2 Å². The van der Waals surface area contributed by atoms with Crippen LogP contribution in [0.3, 0.4) is 0 Å². The standard InChI is InChI=1S/C20H34N4O3S2.HI/c1-4-21-19(23-13-10-20(15-23)11-14-27-16-20)22-12-9-17-7-8-18(28-17)29(25,26)24(5-2)6-3;/h7-8H,4-6,9-16H2,1-3H3,(H,21,22);1H. The SMILES string of the molecule is CCNC(=NCCc1ccc(S(=O)(=O)N(CC)CC)s1)N1CCC2(CCOC2)C1.I. The van der Waals surface area contributed by atoms with Crippen LogP contribution < -0.4 is 5.32 Å². The lowest BCUT2D eigenvalue weighted by Gasteiger charge is -2.24. The summed E-state index contributed by atoms with van der Waals surface area (Å²) in [7, 11) is -3.37. The summed E-state index contributed by atoms with van der Waals surface area (Å²) in [4.78, 5) is 8.22. The number of nitrogens with one attached hydrogen (secondary N) is 1. The lowest BCUT2D eigenvalue weighted by Crippen LogP contribution is -2.41. The first-order valence-corrected chi connectivity index (χ1v) is 12.9. The van der Waals surface area contributed by atoms with Crippen LogP contribution >= 0.6 is 35.3 Å². The molecular weight excluding hydrogens is 535 g/mol. The van der Waals surface area contributed by atoms with Crippen molar-refractivity contribution in [2.24, 2.45) is 10.4 Å². The zero-order valence-electron chi connectivity index (χ0n) is 18.2. The summed E-state index contributed by atoms with van der Waals surface area (Å²) in [5.74, 6) is 0.962. The second-order valence-corrected chi connectivity index (χ2v) is 11.1. The van der Waals surface area contributed by atoms with Gasteiger partial charge in [-0.05, 0) is 31.9 Å². The molecule has 1 aromatic heterocycles. The van der Waals surface area contributed by atoms with E-state index in [0.29, 0.717) is 29.3 Å². The van der Waals surface area contributed by atoms with Crippen LogP contribution in [0.5, 0.6) is 0 Å². The van der Waals surface area contributed by atoms with Gasteiger partial charge < -0.3 is 15.0 Å². The maximum atomic E-state index is 12.7. The Hall–Kier alpha value is -0.430. The molecule has 0 aromatic carbocycles. The Labute approximate surface area is 202 Å². The summed E-state index contributed by atoms with van der Waals surface area (Å²) in [5, 5.41) is 3.41. The number of likely N-dealkylation sites (tertiary alicyclic amines) is 1. The van der Waals surface area contributed by atoms with Crippen molar-refractivity contribution in [2.75, 3.05) is 52.5 Å². The summed E-state index contributed by atoms with van der Waals surface area (Å²) >= 11 is 1.36. The van der Waals surface area contributed by atoms with Crippen LogP contribution in [0, 0.1) is 5.41 Å². The Morgan fingerprint density at radius 2 is 2.07 bits per heavy atom. The van der Waals surface area contributed by atoms with Crippen molar-refractivity contribution in [3.8, 4) is 0 Å². The minimum absolute atomic E-state index is 0. The predicted molar refractivity (Wildman–Crippen MR) is 134 cm³/mol. The van der Waals surface area contributed by atoms with E-state index in [-0.39, 0.29) is 24.0 Å². The van der Waals surface area contributed by atoms with Gasteiger partial charge in [0.15, 0.2) is 5.96 Å². The molecule has 1 unspecified atom stereocenters. The minimum atomic E-state index is -3.37. The molecule has 0 bridgehead atoms. The molecule has 172 valence electrons. The molecule has 1 atom stereocenters. The molecule has 1 N–H and O–H groups in total. The molecule has 1 spiro atoms. The zero-order valence-corrected chi connectivity index (χ0v) is 22.2. The molecule has 3 rings (SSSR count). The molecule has 10 heteroatoms. The highest BCUT2D eigenvalue weighted by molar-refractivity contribution is 14.0. The first-order valence-electron chi connectivity index (χ1n) is 10.6. The van der Waals surface area contributed by atoms with E-state index in [2.05, 4.69) is 17.1 Å². The van der Waals surface area contributed by atoms with Gasteiger partial charge in [0, 0.05) is 62.6 Å². The number of sulfonamides is 1. The Kier molecular flexibility index (Phi) is 9.85. The van der Waals surface area contributed by atoms with Gasteiger partial charge in [-0.2, -0.15) is 4.31 Å². The van der Waals surface area contributed by atoms with E-state index in [1.54, 1.807) is 6.07 Å². The van der Waals surface area contributed by atoms with Gasteiger partial charge in [-0.25, -0.2) is 8.42 Å². The molecule has 2 saturated heterocycles. The van der Waals surface area contributed by atoms with Crippen molar-refractivity contribution in [3.63, 3.8) is 0 Å². The third-order valence-electron chi connectivity index (χ3n) is 5.81. The molecular formula is C20H35IN4O3S2. The molecule has 2 aliphatic heterocycles. The lowest BCUT2D eigenvalue weighted by molar-refractivity contribution is 0.156. The predicted octanol–water partition coefficient (Wildman–Crippen LogP) is 3.02. The molecule has 3 heterocycles. The quantitative estimate of drug-likeness (QED) is 0.296. The molecule has 1 aromatic rings. The van der Waals surface area contributed by atoms with Crippen molar-refractivity contribution in [1.29, 1.82) is 0 Å². The molecule has 0 radical (unpaired) electrons. The van der Waals surface area contributed by atoms with Crippen molar-refractivity contribution >= 4 is 51.3 Å². The van der Waals surface area contributed by atoms with E-state index in [1.165, 1.54) is 15.6 Å². The van der Waals surface area contributed by atoms with Crippen LogP contribution in [-0.2, 0) is 21.2 Å². The smallest absolute Gasteiger partial charge is 0.252 e. The van der Waals surface area contributed by atoms with E-state index in [1.807, 2.05) is 19.9 Å². The second kappa shape index (κ2) is 11.4. The number of nitrogens with zero attached hydrogens (tertiary/aromatic N) is 3. The molecule has 30 heavy (non-hydrogen) atoms. The number of halogens is 1. The lowest BCUT2D eigenvalue weighted by atomic mass is 9.87. The Morgan fingerprint density at radius 1 is 1.30 bits per heavy atom. The number of ether oxygens (including phenoxy) is 1. The zero-order chi connectivity index (χ0) is 20.9. The number of hydrogen-bond acceptors (Lipinski definition) is 5. The third-order valence-corrected chi connectivity index (χ3v) is 9.48. The van der Waals surface area contributed by atoms with E-state index in [4.69, 9.17) is 9.73 Å². The Morgan fingerprint density at radius 3 is 2.70 bits per heavy atom. The molecule has 0 amide bonds. The number of hydrogen-bond donors (Lipinski definition) is 1. The average Bonchev–Trinajstić information content (AvgIpc) is 3.44. The van der Waals surface area contributed by atoms with Crippen LogP contribution in [0.25, 0.3) is 0 Å². The third kappa shape index (κ3) is 5.87. The van der Waals surface area contributed by atoms with E-state index >= 15 is 0 Å². The Bertz CT molecular complexity index is 803. The van der Waals surface area contributed by atoms with Crippen LogP contribution in [0.4, 0.5) is 0 Å². The maximum absolute atomic E-state index is 12.7. The van der Waals surface area contributed by atoms with Gasteiger partial charge in [-0.3, -0.25) is 4.99 Å². The highest BCUT2D eigenvalue weighted by Gasteiger charge is 2.42. The molecule has 0 aliphatic carbocycles. The molecule has 7 nitrogen and oxygen atoms in total. The Balaban J connectivity index is 0.00000320. The minimum Gasteiger partial charge on any atom is -0.381 e.